The van der Waals surface area contributed by atoms with Gasteiger partial charge in [0.25, 0.3) is 5.91 Å². The minimum Gasteiger partial charge on any atom is -0.478 e. The molecule has 164 valence electrons. The van der Waals surface area contributed by atoms with Crippen LogP contribution in [0.15, 0.2) is 40.2 Å². The Bertz CT molecular complexity index is 1060. The molecule has 0 bridgehead atoms. The number of aryl methyl sites for hydroxylation is 1. The molecule has 1 unspecified atom stereocenters. The number of pyridine rings is 1. The topological polar surface area (TPSA) is 115 Å². The van der Waals surface area contributed by atoms with Crippen molar-refractivity contribution in [3.8, 4) is 0 Å². The summed E-state index contributed by atoms with van der Waals surface area (Å²) in [5.74, 6) is -1.24. The van der Waals surface area contributed by atoms with E-state index < -0.39 is 22.8 Å². The highest BCUT2D eigenvalue weighted by Crippen LogP contribution is 2.50. The SMILES string of the molecule is Cc1cccc(C(=O)Nc2cc3c(cc2C(=O)O)N=C(N2CCC(CO)CC2)[SH]3C)n1. The Hall–Kier alpha value is -2.91. The molecule has 1 aromatic heterocycles. The van der Waals surface area contributed by atoms with Crippen LogP contribution >= 0.6 is 10.9 Å². The molecule has 8 nitrogen and oxygen atoms in total. The summed E-state index contributed by atoms with van der Waals surface area (Å²) in [7, 11) is -0.764. The number of aromatic carboxylic acids is 1. The largest absolute Gasteiger partial charge is 0.478 e. The molecule has 31 heavy (non-hydrogen) atoms. The lowest BCUT2D eigenvalue weighted by Gasteiger charge is -2.34. The number of hydrogen-bond acceptors (Lipinski definition) is 6. The summed E-state index contributed by atoms with van der Waals surface area (Å²) < 4.78 is 0. The van der Waals surface area contributed by atoms with Gasteiger partial charge in [-0.1, -0.05) is 6.07 Å². The molecule has 1 amide bonds. The average Bonchev–Trinajstić information content (AvgIpc) is 3.09. The predicted molar refractivity (Wildman–Crippen MR) is 122 cm³/mol. The minimum atomic E-state index is -1.12. The van der Waals surface area contributed by atoms with Crippen molar-refractivity contribution in [1.82, 2.24) is 9.88 Å². The van der Waals surface area contributed by atoms with Gasteiger partial charge in [0.2, 0.25) is 0 Å². The fraction of sp³-hybridized carbons (Fsp3) is 0.364. The number of thiol groups is 1. The van der Waals surface area contributed by atoms with Gasteiger partial charge >= 0.3 is 5.97 Å². The van der Waals surface area contributed by atoms with Crippen LogP contribution < -0.4 is 5.32 Å². The summed E-state index contributed by atoms with van der Waals surface area (Å²) in [5.41, 5.74) is 1.85. The molecule has 4 rings (SSSR count). The zero-order chi connectivity index (χ0) is 22.1. The number of carboxylic acids is 1. The molecule has 1 fully saturated rings. The molecule has 1 saturated heterocycles. The van der Waals surface area contributed by atoms with Crippen LogP contribution in [0.1, 0.15) is 39.4 Å². The molecule has 3 N–H and O–H groups in total. The molecule has 0 saturated carbocycles. The van der Waals surface area contributed by atoms with E-state index in [9.17, 15) is 19.8 Å². The van der Waals surface area contributed by atoms with E-state index in [4.69, 9.17) is 4.99 Å². The number of likely N-dealkylation sites (tertiary alicyclic amines) is 1. The third-order valence-corrected chi connectivity index (χ3v) is 7.82. The van der Waals surface area contributed by atoms with Gasteiger partial charge in [-0.05, 0) is 56.2 Å². The standard InChI is InChI=1S/C22H26N4O4S/c1-13-4-3-5-16(23-13)20(28)24-17-11-19-18(10-15(17)21(29)30)25-22(31(19)2)26-8-6-14(12-27)7-9-26/h3-5,10-11,14,27,31H,6-9,12H2,1-2H3,(H,24,28)(H,29,30). The second-order valence-electron chi connectivity index (χ2n) is 7.89. The Morgan fingerprint density at radius 2 is 2.00 bits per heavy atom. The van der Waals surface area contributed by atoms with Crippen molar-refractivity contribution in [2.45, 2.75) is 24.7 Å². The number of carboxylic acid groups (broad SMARTS) is 1. The summed E-state index contributed by atoms with van der Waals surface area (Å²) in [6.07, 6.45) is 3.94. The number of piperidine rings is 1. The number of nitrogens with one attached hydrogen (secondary N) is 1. The van der Waals surface area contributed by atoms with Crippen LogP contribution in [0.2, 0.25) is 0 Å². The molecule has 2 aliphatic heterocycles. The third-order valence-electron chi connectivity index (χ3n) is 5.75. The summed E-state index contributed by atoms with van der Waals surface area (Å²) in [5, 5.41) is 22.8. The molecular formula is C22H26N4O4S. The molecule has 0 radical (unpaired) electrons. The normalized spacial score (nSPS) is 19.6. The number of nitrogens with zero attached hydrogens (tertiary/aromatic N) is 3. The monoisotopic (exact) mass is 442 g/mol. The molecule has 1 atom stereocenters. The number of hydrogen-bond donors (Lipinski definition) is 4. The maximum Gasteiger partial charge on any atom is 0.337 e. The fourth-order valence-corrected chi connectivity index (χ4v) is 5.84. The number of aromatic nitrogens is 1. The number of aliphatic hydroxyl groups excluding tert-OH is 1. The lowest BCUT2D eigenvalue weighted by atomic mass is 9.98. The van der Waals surface area contributed by atoms with Gasteiger partial charge < -0.3 is 20.4 Å². The molecule has 0 spiro atoms. The Kier molecular flexibility index (Phi) is 5.97. The van der Waals surface area contributed by atoms with Crippen LogP contribution in [0.4, 0.5) is 11.4 Å². The van der Waals surface area contributed by atoms with Gasteiger partial charge in [0.05, 0.1) is 16.9 Å². The highest BCUT2D eigenvalue weighted by Gasteiger charge is 2.30. The molecule has 2 aliphatic rings. The maximum atomic E-state index is 12.7. The Labute approximate surface area is 183 Å². The predicted octanol–water partition coefficient (Wildman–Crippen LogP) is 3.04. The van der Waals surface area contributed by atoms with Crippen molar-refractivity contribution in [1.29, 1.82) is 0 Å². The molecule has 9 heteroatoms. The van der Waals surface area contributed by atoms with Crippen molar-refractivity contribution in [2.24, 2.45) is 10.9 Å². The van der Waals surface area contributed by atoms with Gasteiger partial charge in [0, 0.05) is 30.3 Å². The van der Waals surface area contributed by atoms with Gasteiger partial charge in [0.15, 0.2) is 0 Å². The van der Waals surface area contributed by atoms with Crippen LogP contribution in [0.5, 0.6) is 0 Å². The molecular weight excluding hydrogens is 416 g/mol. The first-order valence-corrected chi connectivity index (χ1v) is 12.0. The van der Waals surface area contributed by atoms with E-state index in [0.29, 0.717) is 17.3 Å². The number of anilines is 1. The zero-order valence-corrected chi connectivity index (χ0v) is 18.4. The van der Waals surface area contributed by atoms with Crippen LogP contribution in [0, 0.1) is 12.8 Å². The summed E-state index contributed by atoms with van der Waals surface area (Å²) in [6, 6.07) is 8.42. The number of benzene rings is 1. The van der Waals surface area contributed by atoms with Gasteiger partial charge in [-0.3, -0.25) is 4.79 Å². The van der Waals surface area contributed by atoms with E-state index in [-0.39, 0.29) is 23.6 Å². The van der Waals surface area contributed by atoms with Gasteiger partial charge in [0.1, 0.15) is 10.9 Å². The number of aliphatic hydroxyl groups is 1. The van der Waals surface area contributed by atoms with Gasteiger partial charge in [-0.15, -0.1) is 0 Å². The highest BCUT2D eigenvalue weighted by molar-refractivity contribution is 8.29. The highest BCUT2D eigenvalue weighted by atomic mass is 32.2. The number of carbonyl (C=O) groups excluding carboxylic acids is 1. The maximum absolute atomic E-state index is 12.7. The van der Waals surface area contributed by atoms with Crippen molar-refractivity contribution < 1.29 is 19.8 Å². The number of amidine groups is 1. The summed E-state index contributed by atoms with van der Waals surface area (Å²) in [6.45, 7) is 3.67. The van der Waals surface area contributed by atoms with Crippen molar-refractivity contribution in [3.63, 3.8) is 0 Å². The van der Waals surface area contributed by atoms with E-state index in [1.807, 2.05) is 0 Å². The van der Waals surface area contributed by atoms with Crippen molar-refractivity contribution >= 4 is 39.3 Å². The van der Waals surface area contributed by atoms with Gasteiger partial charge in [-0.25, -0.2) is 14.8 Å². The van der Waals surface area contributed by atoms with Crippen LogP contribution in [0.3, 0.4) is 0 Å². The Morgan fingerprint density at radius 1 is 1.26 bits per heavy atom. The van der Waals surface area contributed by atoms with Crippen LogP contribution in [-0.2, 0) is 0 Å². The quantitative estimate of drug-likeness (QED) is 0.541. The smallest absolute Gasteiger partial charge is 0.337 e. The molecule has 3 heterocycles. The van der Waals surface area contributed by atoms with Crippen molar-refractivity contribution in [3.05, 3.63) is 47.3 Å². The Balaban J connectivity index is 1.61. The van der Waals surface area contributed by atoms with E-state index >= 15 is 0 Å². The third kappa shape index (κ3) is 4.28. The number of carbonyl (C=O) groups is 2. The Morgan fingerprint density at radius 3 is 2.65 bits per heavy atom. The lowest BCUT2D eigenvalue weighted by molar-refractivity contribution is 0.0698. The second-order valence-corrected chi connectivity index (χ2v) is 9.89. The number of aliphatic imine (C=N–C) groups is 1. The average molecular weight is 443 g/mol. The van der Waals surface area contributed by atoms with E-state index in [0.717, 1.165) is 36.0 Å². The first-order valence-electron chi connectivity index (χ1n) is 10.2. The molecule has 1 aromatic carbocycles. The van der Waals surface area contributed by atoms with Crippen molar-refractivity contribution in [2.75, 3.05) is 31.3 Å². The van der Waals surface area contributed by atoms with E-state index in [2.05, 4.69) is 21.5 Å². The minimum absolute atomic E-state index is 0.00661. The van der Waals surface area contributed by atoms with E-state index in [1.165, 1.54) is 0 Å². The molecule has 2 aromatic rings. The first-order chi connectivity index (χ1) is 14.9. The van der Waals surface area contributed by atoms with E-state index in [1.54, 1.807) is 37.3 Å². The lowest BCUT2D eigenvalue weighted by Crippen LogP contribution is -2.38. The fourth-order valence-electron chi connectivity index (χ4n) is 3.96. The zero-order valence-electron chi connectivity index (χ0n) is 17.5. The number of amides is 1. The van der Waals surface area contributed by atoms with Crippen LogP contribution in [0.25, 0.3) is 0 Å². The number of fused-ring (bicyclic) bond motifs is 1. The van der Waals surface area contributed by atoms with Crippen LogP contribution in [-0.4, -0.2) is 63.1 Å². The first kappa shape index (κ1) is 21.3. The van der Waals surface area contributed by atoms with Gasteiger partial charge in [-0.2, -0.15) is 10.9 Å². The number of rotatable bonds is 4. The summed E-state index contributed by atoms with van der Waals surface area (Å²) in [4.78, 5) is 36.7. The molecule has 0 aliphatic carbocycles. The summed E-state index contributed by atoms with van der Waals surface area (Å²) >= 11 is 0. The second kappa shape index (κ2) is 8.68.